The second-order valence-corrected chi connectivity index (χ2v) is 11.2. The van der Waals surface area contributed by atoms with Gasteiger partial charge in [-0.15, -0.1) is 0 Å². The number of aryl methyl sites for hydroxylation is 2. The highest BCUT2D eigenvalue weighted by molar-refractivity contribution is 5.27. The van der Waals surface area contributed by atoms with E-state index in [1.54, 1.807) is 18.2 Å². The Balaban J connectivity index is 0.000000399. The van der Waals surface area contributed by atoms with Gasteiger partial charge in [0.25, 0.3) is 0 Å². The Morgan fingerprint density at radius 1 is 0.395 bits per heavy atom. The number of unbranched alkanes of at least 4 members (excludes halogenated alkanes) is 18. The van der Waals surface area contributed by atoms with Crippen molar-refractivity contribution < 1.29 is 10.2 Å². The largest absolute Gasteiger partial charge is 0.508 e. The van der Waals surface area contributed by atoms with Crippen molar-refractivity contribution in [1.29, 1.82) is 0 Å². The highest BCUT2D eigenvalue weighted by Gasteiger charge is 1.97. The smallest absolute Gasteiger partial charge is 0.115 e. The molecule has 2 nitrogen and oxygen atoms in total. The maximum atomic E-state index is 9.42. The van der Waals surface area contributed by atoms with E-state index in [4.69, 9.17) is 5.11 Å². The topological polar surface area (TPSA) is 40.5 Å². The second-order valence-electron chi connectivity index (χ2n) is 11.2. The molecular weight excluding hydrogens is 464 g/mol. The Bertz CT molecular complexity index is 752. The molecule has 0 heterocycles. The Kier molecular flexibility index (Phi) is 22.7. The van der Waals surface area contributed by atoms with E-state index in [0.717, 1.165) is 12.8 Å². The van der Waals surface area contributed by atoms with Gasteiger partial charge in [0.2, 0.25) is 0 Å². The monoisotopic (exact) mass is 524 g/mol. The molecule has 0 aromatic heterocycles. The summed E-state index contributed by atoms with van der Waals surface area (Å²) in [6.45, 7) is 4.54. The lowest BCUT2D eigenvalue weighted by Gasteiger charge is -2.04. The summed E-state index contributed by atoms with van der Waals surface area (Å²) in [5.74, 6) is 0.760. The van der Waals surface area contributed by atoms with Crippen LogP contribution in [0.2, 0.25) is 0 Å². The summed E-state index contributed by atoms with van der Waals surface area (Å²) in [5.41, 5.74) is 2.61. The molecule has 0 aliphatic carbocycles. The van der Waals surface area contributed by atoms with Crippen molar-refractivity contribution >= 4 is 0 Å². The van der Waals surface area contributed by atoms with Crippen molar-refractivity contribution in [2.75, 3.05) is 0 Å². The second kappa shape index (κ2) is 25.3. The first-order valence-corrected chi connectivity index (χ1v) is 16.2. The summed E-state index contributed by atoms with van der Waals surface area (Å²) in [4.78, 5) is 0. The summed E-state index contributed by atoms with van der Waals surface area (Å²) >= 11 is 0. The van der Waals surface area contributed by atoms with Crippen LogP contribution in [0.4, 0.5) is 0 Å². The lowest BCUT2D eigenvalue weighted by molar-refractivity contribution is 0.474. The molecule has 38 heavy (non-hydrogen) atoms. The summed E-state index contributed by atoms with van der Waals surface area (Å²) in [7, 11) is 0. The molecule has 2 aromatic rings. The number of phenols is 2. The molecule has 0 radical (unpaired) electrons. The van der Waals surface area contributed by atoms with Gasteiger partial charge >= 0.3 is 0 Å². The lowest BCUT2D eigenvalue weighted by atomic mass is 10.0. The zero-order chi connectivity index (χ0) is 27.5. The van der Waals surface area contributed by atoms with Crippen LogP contribution in [0.5, 0.6) is 11.5 Å². The number of phenolic OH excluding ortho intramolecular Hbond substituents is 2. The molecule has 0 bridgehead atoms. The quantitative estimate of drug-likeness (QED) is 0.150. The molecule has 0 saturated heterocycles. The number of hydrogen-bond donors (Lipinski definition) is 2. The number of benzene rings is 2. The summed E-state index contributed by atoms with van der Waals surface area (Å²) in [6.07, 6.45) is 29.9. The molecule has 216 valence electrons. The van der Waals surface area contributed by atoms with Crippen molar-refractivity contribution in [3.8, 4) is 11.5 Å². The fraction of sp³-hybridized carbons (Fsp3) is 0.667. The molecule has 2 heteroatoms. The first kappa shape index (κ1) is 34.1. The molecule has 0 aliphatic heterocycles. The van der Waals surface area contributed by atoms with Gasteiger partial charge in [-0.2, -0.15) is 0 Å². The van der Waals surface area contributed by atoms with Gasteiger partial charge < -0.3 is 10.2 Å². The van der Waals surface area contributed by atoms with E-state index in [-0.39, 0.29) is 0 Å². The molecule has 2 N–H and O–H groups in total. The molecule has 0 amide bonds. The van der Waals surface area contributed by atoms with Crippen molar-refractivity contribution in [2.24, 2.45) is 0 Å². The third-order valence-electron chi connectivity index (χ3n) is 7.48. The van der Waals surface area contributed by atoms with E-state index in [1.165, 1.54) is 140 Å². The minimum absolute atomic E-state index is 0.364. The van der Waals surface area contributed by atoms with Crippen LogP contribution in [-0.4, -0.2) is 10.2 Å². The Morgan fingerprint density at radius 2 is 0.789 bits per heavy atom. The first-order valence-electron chi connectivity index (χ1n) is 16.2. The van der Waals surface area contributed by atoms with Crippen LogP contribution in [0.25, 0.3) is 0 Å². The van der Waals surface area contributed by atoms with E-state index >= 15 is 0 Å². The van der Waals surface area contributed by atoms with Gasteiger partial charge in [-0.3, -0.25) is 0 Å². The van der Waals surface area contributed by atoms with Crippen LogP contribution in [0.3, 0.4) is 0 Å². The molecule has 0 aliphatic rings. The number of aromatic hydroxyl groups is 2. The number of hydrogen-bond acceptors (Lipinski definition) is 2. The van der Waals surface area contributed by atoms with Gasteiger partial charge in [-0.25, -0.2) is 0 Å². The van der Waals surface area contributed by atoms with Gasteiger partial charge in [0.15, 0.2) is 0 Å². The van der Waals surface area contributed by atoms with Crippen molar-refractivity contribution in [3.05, 3.63) is 59.7 Å². The standard InChI is InChI=1S/C21H36O.C15H24O/c1-2-3-4-5-6-7-8-9-10-11-12-13-14-16-20-17-15-18-21(22)19-20;1-2-3-4-5-6-7-8-9-14-10-12-15(16)13-11-14/h15,17-19,22H,2-14,16H2,1H3;10-13,16H,2-9H2,1H3. The predicted molar refractivity (Wildman–Crippen MR) is 167 cm³/mol. The molecule has 2 rings (SSSR count). The molecule has 0 unspecified atom stereocenters. The lowest BCUT2D eigenvalue weighted by Crippen LogP contribution is -1.86. The Hall–Kier alpha value is -1.96. The maximum absolute atomic E-state index is 9.42. The van der Waals surface area contributed by atoms with Crippen LogP contribution in [0, 0.1) is 0 Å². The van der Waals surface area contributed by atoms with E-state index in [0.29, 0.717) is 11.5 Å². The highest BCUT2D eigenvalue weighted by Crippen LogP contribution is 2.16. The van der Waals surface area contributed by atoms with E-state index in [2.05, 4.69) is 19.9 Å². The zero-order valence-corrected chi connectivity index (χ0v) is 25.1. The molecular formula is C36H60O2. The molecule has 2 aromatic carbocycles. The number of rotatable bonds is 22. The van der Waals surface area contributed by atoms with Crippen LogP contribution in [0.15, 0.2) is 48.5 Å². The van der Waals surface area contributed by atoms with Crippen molar-refractivity contribution in [2.45, 2.75) is 155 Å². The fourth-order valence-corrected chi connectivity index (χ4v) is 5.01. The van der Waals surface area contributed by atoms with Gasteiger partial charge in [0.05, 0.1) is 0 Å². The van der Waals surface area contributed by atoms with Gasteiger partial charge in [0, 0.05) is 0 Å². The van der Waals surface area contributed by atoms with Gasteiger partial charge in [-0.1, -0.05) is 154 Å². The molecule has 0 saturated carbocycles. The van der Waals surface area contributed by atoms with E-state index < -0.39 is 0 Å². The zero-order valence-electron chi connectivity index (χ0n) is 25.1. The van der Waals surface area contributed by atoms with Crippen LogP contribution >= 0.6 is 0 Å². The Morgan fingerprint density at radius 3 is 1.21 bits per heavy atom. The summed E-state index contributed by atoms with van der Waals surface area (Å²) in [6, 6.07) is 15.3. The van der Waals surface area contributed by atoms with Crippen molar-refractivity contribution in [1.82, 2.24) is 0 Å². The van der Waals surface area contributed by atoms with Gasteiger partial charge in [0.1, 0.15) is 11.5 Å². The summed E-state index contributed by atoms with van der Waals surface area (Å²) < 4.78 is 0. The molecule has 0 atom stereocenters. The average Bonchev–Trinajstić information content (AvgIpc) is 2.92. The van der Waals surface area contributed by atoms with Gasteiger partial charge in [-0.05, 0) is 61.1 Å². The minimum Gasteiger partial charge on any atom is -0.508 e. The summed E-state index contributed by atoms with van der Waals surface area (Å²) in [5, 5.41) is 18.6. The fourth-order valence-electron chi connectivity index (χ4n) is 5.01. The Labute approximate surface area is 236 Å². The van der Waals surface area contributed by atoms with Crippen molar-refractivity contribution in [3.63, 3.8) is 0 Å². The molecule has 0 spiro atoms. The normalized spacial score (nSPS) is 10.8. The first-order chi connectivity index (χ1) is 18.7. The highest BCUT2D eigenvalue weighted by atomic mass is 16.3. The van der Waals surface area contributed by atoms with Crippen LogP contribution in [0.1, 0.15) is 153 Å². The SMILES string of the molecule is CCCCCCCCCCCCCCCc1cccc(O)c1.CCCCCCCCCc1ccc(O)cc1. The minimum atomic E-state index is 0.364. The maximum Gasteiger partial charge on any atom is 0.115 e. The molecule has 0 fully saturated rings. The predicted octanol–water partition coefficient (Wildman–Crippen LogP) is 11.7. The van der Waals surface area contributed by atoms with Crippen LogP contribution < -0.4 is 0 Å². The van der Waals surface area contributed by atoms with Crippen LogP contribution in [-0.2, 0) is 12.8 Å². The average molecular weight is 525 g/mol. The third-order valence-corrected chi connectivity index (χ3v) is 7.48. The van der Waals surface area contributed by atoms with E-state index in [1.807, 2.05) is 24.3 Å². The van der Waals surface area contributed by atoms with E-state index in [9.17, 15) is 5.11 Å². The third kappa shape index (κ3) is 21.0.